The van der Waals surface area contributed by atoms with Crippen LogP contribution in [0.4, 0.5) is 11.5 Å². The van der Waals surface area contributed by atoms with Crippen LogP contribution in [-0.4, -0.2) is 54.4 Å². The topological polar surface area (TPSA) is 56.8 Å². The van der Waals surface area contributed by atoms with Gasteiger partial charge in [-0.25, -0.2) is 4.98 Å². The molecule has 2 heterocycles. The number of aryl methyl sites for hydroxylation is 2. The van der Waals surface area contributed by atoms with Crippen LogP contribution in [0.2, 0.25) is 0 Å². The van der Waals surface area contributed by atoms with Crippen molar-refractivity contribution in [3.8, 4) is 0 Å². The van der Waals surface area contributed by atoms with E-state index in [4.69, 9.17) is 0 Å². The molecule has 0 unspecified atom stereocenters. The van der Waals surface area contributed by atoms with Gasteiger partial charge in [0.1, 0.15) is 5.82 Å². The first-order valence-electron chi connectivity index (χ1n) is 9.74. The Kier molecular flexibility index (Phi) is 6.29. The summed E-state index contributed by atoms with van der Waals surface area (Å²) in [7, 11) is 0. The SMILES string of the molecule is CC(=O)N(CCC(=O)N1CCN(c2ccccn2)CC1)c1cc(C)cc(C)c1. The molecule has 0 N–H and O–H groups in total. The molecule has 1 aliphatic heterocycles. The van der Waals surface area contributed by atoms with Crippen molar-refractivity contribution >= 4 is 23.3 Å². The van der Waals surface area contributed by atoms with E-state index in [1.807, 2.05) is 49.1 Å². The van der Waals surface area contributed by atoms with Crippen LogP contribution in [0.1, 0.15) is 24.5 Å². The zero-order valence-corrected chi connectivity index (χ0v) is 16.9. The van der Waals surface area contributed by atoms with E-state index in [0.717, 1.165) is 35.7 Å². The van der Waals surface area contributed by atoms with Gasteiger partial charge in [-0.1, -0.05) is 12.1 Å². The van der Waals surface area contributed by atoms with Crippen molar-refractivity contribution in [1.29, 1.82) is 0 Å². The first kappa shape index (κ1) is 19.9. The van der Waals surface area contributed by atoms with E-state index in [1.165, 1.54) is 0 Å². The van der Waals surface area contributed by atoms with Crippen molar-refractivity contribution < 1.29 is 9.59 Å². The van der Waals surface area contributed by atoms with Crippen molar-refractivity contribution in [2.45, 2.75) is 27.2 Å². The van der Waals surface area contributed by atoms with Crippen LogP contribution >= 0.6 is 0 Å². The molecule has 148 valence electrons. The van der Waals surface area contributed by atoms with Crippen LogP contribution in [0.25, 0.3) is 0 Å². The fourth-order valence-electron chi connectivity index (χ4n) is 3.67. The molecule has 0 radical (unpaired) electrons. The van der Waals surface area contributed by atoms with E-state index in [1.54, 1.807) is 18.0 Å². The number of benzene rings is 1. The summed E-state index contributed by atoms with van der Waals surface area (Å²) in [6, 6.07) is 11.9. The zero-order valence-electron chi connectivity index (χ0n) is 16.9. The van der Waals surface area contributed by atoms with Crippen LogP contribution in [-0.2, 0) is 9.59 Å². The molecule has 2 amide bonds. The van der Waals surface area contributed by atoms with E-state index >= 15 is 0 Å². The van der Waals surface area contributed by atoms with Crippen molar-refractivity contribution in [3.05, 3.63) is 53.7 Å². The van der Waals surface area contributed by atoms with Gasteiger partial charge >= 0.3 is 0 Å². The Morgan fingerprint density at radius 3 is 2.29 bits per heavy atom. The molecule has 0 atom stereocenters. The molecule has 0 aliphatic carbocycles. The second-order valence-electron chi connectivity index (χ2n) is 7.32. The number of piperazine rings is 1. The van der Waals surface area contributed by atoms with Crippen molar-refractivity contribution in [1.82, 2.24) is 9.88 Å². The fraction of sp³-hybridized carbons (Fsp3) is 0.409. The normalized spacial score (nSPS) is 14.1. The third-order valence-corrected chi connectivity index (χ3v) is 5.05. The number of carbonyl (C=O) groups is 2. The molecule has 1 aromatic carbocycles. The van der Waals surface area contributed by atoms with Crippen molar-refractivity contribution in [3.63, 3.8) is 0 Å². The number of nitrogens with zero attached hydrogens (tertiary/aromatic N) is 4. The highest BCUT2D eigenvalue weighted by atomic mass is 16.2. The van der Waals surface area contributed by atoms with Crippen LogP contribution < -0.4 is 9.80 Å². The predicted molar refractivity (Wildman–Crippen MR) is 112 cm³/mol. The van der Waals surface area contributed by atoms with E-state index in [9.17, 15) is 9.59 Å². The molecule has 1 aromatic heterocycles. The molecule has 2 aromatic rings. The molecular formula is C22H28N4O2. The number of rotatable bonds is 5. The third kappa shape index (κ3) is 4.88. The van der Waals surface area contributed by atoms with Gasteiger partial charge in [0.05, 0.1) is 0 Å². The van der Waals surface area contributed by atoms with Gasteiger partial charge in [0, 0.05) is 58.0 Å². The molecule has 0 spiro atoms. The lowest BCUT2D eigenvalue weighted by molar-refractivity contribution is -0.131. The Labute approximate surface area is 166 Å². The summed E-state index contributed by atoms with van der Waals surface area (Å²) in [6.07, 6.45) is 2.12. The average Bonchev–Trinajstić information content (AvgIpc) is 2.68. The van der Waals surface area contributed by atoms with Crippen molar-refractivity contribution in [2.75, 3.05) is 42.5 Å². The highest BCUT2D eigenvalue weighted by Gasteiger charge is 2.23. The maximum Gasteiger partial charge on any atom is 0.224 e. The summed E-state index contributed by atoms with van der Waals surface area (Å²) >= 11 is 0. The highest BCUT2D eigenvalue weighted by Crippen LogP contribution is 2.20. The Morgan fingerprint density at radius 1 is 1.04 bits per heavy atom. The number of aromatic nitrogens is 1. The van der Waals surface area contributed by atoms with Crippen LogP contribution in [0.3, 0.4) is 0 Å². The third-order valence-electron chi connectivity index (χ3n) is 5.05. The number of pyridine rings is 1. The maximum absolute atomic E-state index is 12.7. The van der Waals surface area contributed by atoms with Crippen LogP contribution in [0, 0.1) is 13.8 Å². The summed E-state index contributed by atoms with van der Waals surface area (Å²) in [5, 5.41) is 0. The molecular weight excluding hydrogens is 352 g/mol. The van der Waals surface area contributed by atoms with E-state index in [0.29, 0.717) is 26.1 Å². The summed E-state index contributed by atoms with van der Waals surface area (Å²) < 4.78 is 0. The second kappa shape index (κ2) is 8.87. The summed E-state index contributed by atoms with van der Waals surface area (Å²) in [6.45, 7) is 8.89. The Hall–Kier alpha value is -2.89. The minimum atomic E-state index is -0.0437. The first-order valence-corrected chi connectivity index (χ1v) is 9.74. The fourth-order valence-corrected chi connectivity index (χ4v) is 3.67. The number of amides is 2. The molecule has 1 saturated heterocycles. The van der Waals surface area contributed by atoms with Gasteiger partial charge in [0.25, 0.3) is 0 Å². The van der Waals surface area contributed by atoms with E-state index in [-0.39, 0.29) is 11.8 Å². The zero-order chi connectivity index (χ0) is 20.1. The average molecular weight is 380 g/mol. The minimum Gasteiger partial charge on any atom is -0.353 e. The molecule has 0 saturated carbocycles. The Morgan fingerprint density at radius 2 is 1.71 bits per heavy atom. The quantitative estimate of drug-likeness (QED) is 0.800. The largest absolute Gasteiger partial charge is 0.353 e. The number of hydrogen-bond acceptors (Lipinski definition) is 4. The number of hydrogen-bond donors (Lipinski definition) is 0. The summed E-state index contributed by atoms with van der Waals surface area (Å²) in [5.74, 6) is 1.00. The lowest BCUT2D eigenvalue weighted by Crippen LogP contribution is -2.49. The Bertz CT molecular complexity index is 809. The molecule has 6 heteroatoms. The monoisotopic (exact) mass is 380 g/mol. The van der Waals surface area contributed by atoms with Gasteiger partial charge in [0.2, 0.25) is 11.8 Å². The van der Waals surface area contributed by atoms with Gasteiger partial charge in [-0.05, 0) is 49.2 Å². The second-order valence-corrected chi connectivity index (χ2v) is 7.32. The smallest absolute Gasteiger partial charge is 0.224 e. The standard InChI is InChI=1S/C22H28N4O2/c1-17-14-18(2)16-20(15-17)26(19(3)27)9-7-22(28)25-12-10-24(11-13-25)21-6-4-5-8-23-21/h4-6,8,14-16H,7,9-13H2,1-3H3. The summed E-state index contributed by atoms with van der Waals surface area (Å²) in [4.78, 5) is 35.0. The van der Waals surface area contributed by atoms with Gasteiger partial charge in [-0.15, -0.1) is 0 Å². The maximum atomic E-state index is 12.7. The number of carbonyl (C=O) groups excluding carboxylic acids is 2. The van der Waals surface area contributed by atoms with Gasteiger partial charge in [0.15, 0.2) is 0 Å². The van der Waals surface area contributed by atoms with Gasteiger partial charge < -0.3 is 14.7 Å². The van der Waals surface area contributed by atoms with E-state index in [2.05, 4.69) is 16.0 Å². The number of anilines is 2. The van der Waals surface area contributed by atoms with Gasteiger partial charge in [-0.2, -0.15) is 0 Å². The molecule has 1 fully saturated rings. The Balaban J connectivity index is 1.56. The molecule has 0 bridgehead atoms. The minimum absolute atomic E-state index is 0.0437. The predicted octanol–water partition coefficient (Wildman–Crippen LogP) is 2.79. The van der Waals surface area contributed by atoms with Gasteiger partial charge in [-0.3, -0.25) is 9.59 Å². The molecule has 28 heavy (non-hydrogen) atoms. The highest BCUT2D eigenvalue weighted by molar-refractivity contribution is 5.92. The first-order chi connectivity index (χ1) is 13.4. The molecule has 3 rings (SSSR count). The molecule has 6 nitrogen and oxygen atoms in total. The molecule has 1 aliphatic rings. The summed E-state index contributed by atoms with van der Waals surface area (Å²) in [5.41, 5.74) is 3.08. The van der Waals surface area contributed by atoms with Crippen molar-refractivity contribution in [2.24, 2.45) is 0 Å². The van der Waals surface area contributed by atoms with Crippen LogP contribution in [0.15, 0.2) is 42.6 Å². The van der Waals surface area contributed by atoms with E-state index < -0.39 is 0 Å². The lowest BCUT2D eigenvalue weighted by atomic mass is 10.1. The van der Waals surface area contributed by atoms with Crippen LogP contribution in [0.5, 0.6) is 0 Å². The lowest BCUT2D eigenvalue weighted by Gasteiger charge is -2.35.